The molecule has 1 fully saturated rings. The lowest BCUT2D eigenvalue weighted by Crippen LogP contribution is -2.26. The Balaban J connectivity index is 1.83. The van der Waals surface area contributed by atoms with Gasteiger partial charge in [0.05, 0.1) is 31.8 Å². The van der Waals surface area contributed by atoms with E-state index < -0.39 is 11.9 Å². The largest absolute Gasteiger partial charge is 0.496 e. The van der Waals surface area contributed by atoms with Gasteiger partial charge in [-0.25, -0.2) is 9.78 Å². The van der Waals surface area contributed by atoms with Gasteiger partial charge in [-0.1, -0.05) is 0 Å². The van der Waals surface area contributed by atoms with E-state index in [4.69, 9.17) is 24.1 Å². The number of ether oxygens (including phenoxy) is 3. The van der Waals surface area contributed by atoms with Crippen molar-refractivity contribution < 1.29 is 31.9 Å². The standard InChI is InChI=1S/C26H28FN5O6S/c1-4-36-24(33)14-37-22-13-32-19(12-30-23(32)9-18(22)16(10-28)11-29-2)15-7-20(35-3)25(21(8-15)38-39-27)26(34)31-17-5-6-17/h7-13,17H,4-6,14,28H2,1-3H3,(H,31,34). The molecule has 2 aromatic heterocycles. The summed E-state index contributed by atoms with van der Waals surface area (Å²) < 4.78 is 36.4. The van der Waals surface area contributed by atoms with Crippen LogP contribution in [0.3, 0.4) is 0 Å². The van der Waals surface area contributed by atoms with Gasteiger partial charge in [0.15, 0.2) is 12.4 Å². The van der Waals surface area contributed by atoms with Crippen LogP contribution in [-0.2, 0) is 9.53 Å². The summed E-state index contributed by atoms with van der Waals surface area (Å²) in [4.78, 5) is 33.4. The van der Waals surface area contributed by atoms with Crippen molar-refractivity contribution in [2.75, 3.05) is 27.4 Å². The summed E-state index contributed by atoms with van der Waals surface area (Å²) in [6.45, 7) is 1.59. The molecule has 0 saturated heterocycles. The van der Waals surface area contributed by atoms with Crippen LogP contribution in [0.2, 0.25) is 0 Å². The number of nitrogens with two attached hydrogens (primary N) is 1. The molecule has 0 atom stereocenters. The summed E-state index contributed by atoms with van der Waals surface area (Å²) in [5, 5.41) is 2.87. The summed E-state index contributed by atoms with van der Waals surface area (Å²) in [6.07, 6.45) is 7.93. The predicted octanol–water partition coefficient (Wildman–Crippen LogP) is 3.76. The minimum atomic E-state index is -0.535. The number of fused-ring (bicyclic) bond motifs is 1. The van der Waals surface area contributed by atoms with E-state index in [1.807, 2.05) is 0 Å². The van der Waals surface area contributed by atoms with E-state index in [1.165, 1.54) is 19.4 Å². The molecule has 13 heteroatoms. The normalized spacial score (nSPS) is 13.5. The van der Waals surface area contributed by atoms with Crippen LogP contribution < -0.4 is 24.7 Å². The number of carbonyl (C=O) groups excluding carboxylic acids is 2. The molecule has 11 nitrogen and oxygen atoms in total. The fourth-order valence-corrected chi connectivity index (χ4v) is 4.15. The lowest BCUT2D eigenvalue weighted by atomic mass is 10.1. The molecular formula is C26H28FN5O6S. The first-order valence-electron chi connectivity index (χ1n) is 12.1. The molecule has 39 heavy (non-hydrogen) atoms. The Hall–Kier alpha value is -4.26. The predicted molar refractivity (Wildman–Crippen MR) is 146 cm³/mol. The average Bonchev–Trinajstić information content (AvgIpc) is 3.65. The fourth-order valence-electron chi connectivity index (χ4n) is 3.95. The van der Waals surface area contributed by atoms with Crippen LogP contribution in [0.25, 0.3) is 22.5 Å². The van der Waals surface area contributed by atoms with Crippen molar-refractivity contribution in [1.82, 2.24) is 14.7 Å². The van der Waals surface area contributed by atoms with Crippen molar-refractivity contribution in [3.63, 3.8) is 0 Å². The molecule has 3 aromatic rings. The number of methoxy groups -OCH3 is 1. The fraction of sp³-hybridized carbons (Fsp3) is 0.308. The average molecular weight is 558 g/mol. The van der Waals surface area contributed by atoms with Gasteiger partial charge in [-0.05, 0) is 38.0 Å². The minimum Gasteiger partial charge on any atom is -0.496 e. The highest BCUT2D eigenvalue weighted by molar-refractivity contribution is 7.89. The van der Waals surface area contributed by atoms with E-state index in [2.05, 4.69) is 15.3 Å². The van der Waals surface area contributed by atoms with Gasteiger partial charge >= 0.3 is 5.97 Å². The van der Waals surface area contributed by atoms with Gasteiger partial charge in [0, 0.05) is 42.2 Å². The number of aromatic nitrogens is 2. The zero-order valence-electron chi connectivity index (χ0n) is 21.6. The highest BCUT2D eigenvalue weighted by Crippen LogP contribution is 2.38. The molecule has 0 bridgehead atoms. The Morgan fingerprint density at radius 3 is 2.69 bits per heavy atom. The first kappa shape index (κ1) is 27.8. The third kappa shape index (κ3) is 6.25. The van der Waals surface area contributed by atoms with Gasteiger partial charge in [0.25, 0.3) is 18.3 Å². The second-order valence-corrected chi connectivity index (χ2v) is 8.76. The summed E-state index contributed by atoms with van der Waals surface area (Å²) in [6, 6.07) is 4.98. The number of nitrogens with one attached hydrogen (secondary N) is 1. The summed E-state index contributed by atoms with van der Waals surface area (Å²) in [5.41, 5.74) is 8.63. The Morgan fingerprint density at radius 2 is 2.05 bits per heavy atom. The molecule has 0 radical (unpaired) electrons. The van der Waals surface area contributed by atoms with Gasteiger partial charge in [-0.2, -0.15) is 0 Å². The van der Waals surface area contributed by atoms with Crippen molar-refractivity contribution in [3.05, 3.63) is 47.9 Å². The number of nitrogens with zero attached hydrogens (tertiary/aromatic N) is 3. The molecule has 0 spiro atoms. The molecule has 0 unspecified atom stereocenters. The topological polar surface area (TPSA) is 139 Å². The molecule has 0 aliphatic heterocycles. The van der Waals surface area contributed by atoms with Crippen molar-refractivity contribution in [2.45, 2.75) is 25.8 Å². The zero-order chi connectivity index (χ0) is 27.9. The molecule has 4 rings (SSSR count). The van der Waals surface area contributed by atoms with Crippen molar-refractivity contribution in [3.8, 4) is 28.5 Å². The molecule has 1 amide bonds. The van der Waals surface area contributed by atoms with Crippen molar-refractivity contribution in [2.24, 2.45) is 10.7 Å². The Kier molecular flexibility index (Phi) is 8.92. The van der Waals surface area contributed by atoms with E-state index in [1.54, 1.807) is 49.1 Å². The molecule has 1 aliphatic rings. The Morgan fingerprint density at radius 1 is 1.28 bits per heavy atom. The van der Waals surface area contributed by atoms with E-state index in [0.29, 0.717) is 33.8 Å². The highest BCUT2D eigenvalue weighted by Gasteiger charge is 2.29. The summed E-state index contributed by atoms with van der Waals surface area (Å²) in [5.74, 6) is -0.441. The van der Waals surface area contributed by atoms with E-state index in [-0.39, 0.29) is 48.7 Å². The Labute approximate surface area is 228 Å². The molecule has 1 aromatic carbocycles. The molecule has 1 saturated carbocycles. The van der Waals surface area contributed by atoms with Gasteiger partial charge in [0.2, 0.25) is 0 Å². The molecule has 3 N–H and O–H groups in total. The number of pyridine rings is 1. The van der Waals surface area contributed by atoms with Gasteiger partial charge in [-0.3, -0.25) is 14.2 Å². The van der Waals surface area contributed by atoms with Crippen LogP contribution in [0.15, 0.2) is 41.8 Å². The lowest BCUT2D eigenvalue weighted by Gasteiger charge is -2.16. The minimum absolute atomic E-state index is 0.00661. The second kappa shape index (κ2) is 12.5. The van der Waals surface area contributed by atoms with Crippen LogP contribution in [-0.4, -0.2) is 60.9 Å². The number of allylic oxidation sites excluding steroid dienone is 1. The maximum Gasteiger partial charge on any atom is 0.344 e. The first-order chi connectivity index (χ1) is 18.9. The van der Waals surface area contributed by atoms with Gasteiger partial charge < -0.3 is 29.4 Å². The number of carbonyl (C=O) groups is 2. The Bertz CT molecular complexity index is 1440. The van der Waals surface area contributed by atoms with Crippen LogP contribution in [0.5, 0.6) is 17.2 Å². The zero-order valence-corrected chi connectivity index (χ0v) is 22.4. The molecule has 206 valence electrons. The third-order valence-electron chi connectivity index (χ3n) is 5.86. The highest BCUT2D eigenvalue weighted by atomic mass is 32.2. The molecule has 1 aliphatic carbocycles. The van der Waals surface area contributed by atoms with E-state index in [9.17, 15) is 13.5 Å². The number of rotatable bonds is 12. The van der Waals surface area contributed by atoms with Crippen LogP contribution in [0.1, 0.15) is 35.7 Å². The quantitative estimate of drug-likeness (QED) is 0.194. The number of benzene rings is 1. The third-order valence-corrected chi connectivity index (χ3v) is 6.11. The van der Waals surface area contributed by atoms with Crippen LogP contribution in [0.4, 0.5) is 3.89 Å². The number of esters is 1. The smallest absolute Gasteiger partial charge is 0.344 e. The lowest BCUT2D eigenvalue weighted by molar-refractivity contribution is -0.145. The van der Waals surface area contributed by atoms with E-state index in [0.717, 1.165) is 12.8 Å². The van der Waals surface area contributed by atoms with Crippen LogP contribution >= 0.6 is 12.4 Å². The number of aliphatic imine (C=N–C) groups is 1. The van der Waals surface area contributed by atoms with Gasteiger partial charge in [0.1, 0.15) is 22.7 Å². The second-order valence-electron chi connectivity index (χ2n) is 8.47. The van der Waals surface area contributed by atoms with Crippen molar-refractivity contribution in [1.29, 1.82) is 0 Å². The maximum atomic E-state index is 13.3. The number of amides is 1. The number of hydrogen-bond acceptors (Lipinski definition) is 10. The molecule has 2 heterocycles. The number of hydrogen-bond donors (Lipinski definition) is 2. The monoisotopic (exact) mass is 557 g/mol. The van der Waals surface area contributed by atoms with Crippen LogP contribution in [0, 0.1) is 0 Å². The maximum absolute atomic E-state index is 13.3. The van der Waals surface area contributed by atoms with E-state index >= 15 is 0 Å². The van der Waals surface area contributed by atoms with Gasteiger partial charge in [-0.15, -0.1) is 3.89 Å². The number of imidazole rings is 1. The summed E-state index contributed by atoms with van der Waals surface area (Å²) in [7, 11) is 3.02. The number of halogens is 1. The molecular weight excluding hydrogens is 529 g/mol. The summed E-state index contributed by atoms with van der Waals surface area (Å²) >= 11 is -0.375. The SMILES string of the molecule is CCOC(=O)COc1cn2c(-c3cc(OC)c(C(=O)NC4CC4)c(OSF)c3)cnc2cc1C(C=NC)=CN. The first-order valence-corrected chi connectivity index (χ1v) is 12.7. The van der Waals surface area contributed by atoms with Crippen molar-refractivity contribution >= 4 is 41.7 Å².